The monoisotopic (exact) mass is 450 g/mol. The summed E-state index contributed by atoms with van der Waals surface area (Å²) in [5.74, 6) is 1.66. The number of fused-ring (bicyclic) bond motifs is 3. The Kier molecular flexibility index (Phi) is 6.32. The van der Waals surface area contributed by atoms with E-state index in [2.05, 4.69) is 15.2 Å². The van der Waals surface area contributed by atoms with Crippen LogP contribution in [0.5, 0.6) is 11.6 Å². The number of rotatable bonds is 5. The number of aryl methyl sites for hydroxylation is 2. The average molecular weight is 451 g/mol. The van der Waals surface area contributed by atoms with Crippen molar-refractivity contribution in [2.24, 2.45) is 0 Å². The van der Waals surface area contributed by atoms with Gasteiger partial charge in [-0.05, 0) is 50.3 Å². The van der Waals surface area contributed by atoms with E-state index in [0.717, 1.165) is 33.7 Å². The molecule has 32 heavy (non-hydrogen) atoms. The molecule has 7 nitrogen and oxygen atoms in total. The zero-order valence-corrected chi connectivity index (χ0v) is 19.7. The van der Waals surface area contributed by atoms with Crippen LogP contribution in [0.25, 0.3) is 11.3 Å². The van der Waals surface area contributed by atoms with Crippen molar-refractivity contribution in [1.29, 1.82) is 0 Å². The summed E-state index contributed by atoms with van der Waals surface area (Å²) >= 11 is 1.49. The maximum atomic E-state index is 13.1. The van der Waals surface area contributed by atoms with Gasteiger partial charge in [0.25, 0.3) is 0 Å². The molecule has 166 valence electrons. The van der Waals surface area contributed by atoms with E-state index in [1.165, 1.54) is 18.7 Å². The molecule has 1 amide bonds. The maximum Gasteiger partial charge on any atom is 0.247 e. The number of carbonyl (C=O) groups is 1. The highest BCUT2D eigenvalue weighted by Crippen LogP contribution is 2.46. The van der Waals surface area contributed by atoms with E-state index >= 15 is 0 Å². The normalized spacial score (nSPS) is 14.8. The van der Waals surface area contributed by atoms with Crippen LogP contribution in [0, 0.1) is 13.8 Å². The van der Waals surface area contributed by atoms with Gasteiger partial charge in [0.2, 0.25) is 23.2 Å². The van der Waals surface area contributed by atoms with Gasteiger partial charge in [-0.2, -0.15) is 4.98 Å². The lowest BCUT2D eigenvalue weighted by Crippen LogP contribution is -2.36. The number of thioether (sulfide) groups is 1. The number of benzene rings is 2. The molecule has 1 atom stereocenters. The first-order valence-corrected chi connectivity index (χ1v) is 11.6. The Bertz CT molecular complexity index is 1170. The Morgan fingerprint density at radius 1 is 1.19 bits per heavy atom. The number of anilines is 1. The minimum Gasteiger partial charge on any atom is -0.493 e. The quantitative estimate of drug-likeness (QED) is 0.500. The number of hydrogen-bond donors (Lipinski definition) is 0. The minimum atomic E-state index is -0.771. The topological polar surface area (TPSA) is 77.4 Å². The van der Waals surface area contributed by atoms with Crippen LogP contribution in [0.3, 0.4) is 0 Å². The van der Waals surface area contributed by atoms with Crippen LogP contribution in [0.15, 0.2) is 41.6 Å². The summed E-state index contributed by atoms with van der Waals surface area (Å²) < 4.78 is 12.3. The third-order valence-corrected chi connectivity index (χ3v) is 5.85. The predicted octanol–water partition coefficient (Wildman–Crippen LogP) is 5.11. The summed E-state index contributed by atoms with van der Waals surface area (Å²) in [5, 5.41) is 9.30. The van der Waals surface area contributed by atoms with E-state index in [0.29, 0.717) is 29.1 Å². The number of aromatic nitrogens is 3. The number of carbonyl (C=O) groups excluding carboxylic acids is 1. The second kappa shape index (κ2) is 9.16. The lowest BCUT2D eigenvalue weighted by Gasteiger charge is -2.32. The van der Waals surface area contributed by atoms with E-state index in [-0.39, 0.29) is 5.91 Å². The molecule has 4 rings (SSSR count). The SMILES string of the molecule is CCOc1ccccc1[C@H]1Oc2nc(SCC)nnc2-c2cc(C)cc(C)c2N1C(C)=O. The van der Waals surface area contributed by atoms with Crippen molar-refractivity contribution < 1.29 is 14.3 Å². The van der Waals surface area contributed by atoms with Gasteiger partial charge in [0, 0.05) is 12.5 Å². The Morgan fingerprint density at radius 3 is 2.69 bits per heavy atom. The van der Waals surface area contributed by atoms with Crippen LogP contribution >= 0.6 is 11.8 Å². The van der Waals surface area contributed by atoms with Crippen molar-refractivity contribution in [3.8, 4) is 22.9 Å². The van der Waals surface area contributed by atoms with Gasteiger partial charge in [-0.1, -0.05) is 42.4 Å². The molecule has 0 aliphatic carbocycles. The first-order chi connectivity index (χ1) is 15.4. The standard InChI is InChI=1S/C24H26N4O3S/c1-6-30-19-11-9-8-10-17(19)23-28(16(5)29)21-15(4)12-14(3)13-18(21)20-22(31-23)25-24(27-26-20)32-7-2/h8-13,23H,6-7H2,1-5H3/t23-/m1/s1. The molecule has 0 fully saturated rings. The lowest BCUT2D eigenvalue weighted by molar-refractivity contribution is -0.118. The van der Waals surface area contributed by atoms with Gasteiger partial charge >= 0.3 is 0 Å². The van der Waals surface area contributed by atoms with Crippen LogP contribution in [0.4, 0.5) is 5.69 Å². The molecule has 2 heterocycles. The fraction of sp³-hybridized carbons (Fsp3) is 0.333. The Labute approximate surface area is 192 Å². The number of hydrogen-bond acceptors (Lipinski definition) is 7. The second-order valence-electron chi connectivity index (χ2n) is 7.49. The molecule has 0 saturated heterocycles. The molecule has 0 saturated carbocycles. The van der Waals surface area contributed by atoms with Gasteiger partial charge in [-0.3, -0.25) is 9.69 Å². The first-order valence-electron chi connectivity index (χ1n) is 10.6. The van der Waals surface area contributed by atoms with Crippen molar-refractivity contribution in [3.05, 3.63) is 53.1 Å². The molecule has 0 radical (unpaired) electrons. The van der Waals surface area contributed by atoms with Crippen molar-refractivity contribution in [3.63, 3.8) is 0 Å². The summed E-state index contributed by atoms with van der Waals surface area (Å²) in [6.45, 7) is 9.99. The van der Waals surface area contributed by atoms with Gasteiger partial charge in [0.1, 0.15) is 5.75 Å². The summed E-state index contributed by atoms with van der Waals surface area (Å²) in [6, 6.07) is 11.7. The molecule has 0 spiro atoms. The Hall–Kier alpha value is -3.13. The zero-order chi connectivity index (χ0) is 22.8. The number of nitrogens with zero attached hydrogens (tertiary/aromatic N) is 4. The third kappa shape index (κ3) is 4.02. The summed E-state index contributed by atoms with van der Waals surface area (Å²) in [5.41, 5.74) is 4.78. The molecular weight excluding hydrogens is 424 g/mol. The fourth-order valence-corrected chi connectivity index (χ4v) is 4.48. The fourth-order valence-electron chi connectivity index (χ4n) is 3.97. The average Bonchev–Trinajstić information content (AvgIpc) is 2.89. The molecule has 0 bridgehead atoms. The zero-order valence-electron chi connectivity index (χ0n) is 18.9. The maximum absolute atomic E-state index is 13.1. The van der Waals surface area contributed by atoms with Gasteiger partial charge in [0.15, 0.2) is 5.69 Å². The molecule has 3 aromatic rings. The van der Waals surface area contributed by atoms with E-state index in [1.807, 2.05) is 64.1 Å². The Morgan fingerprint density at radius 2 is 1.97 bits per heavy atom. The van der Waals surface area contributed by atoms with E-state index < -0.39 is 6.23 Å². The smallest absolute Gasteiger partial charge is 0.247 e. The molecule has 8 heteroatoms. The van der Waals surface area contributed by atoms with Crippen molar-refractivity contribution >= 4 is 23.4 Å². The van der Waals surface area contributed by atoms with E-state index in [9.17, 15) is 4.79 Å². The Balaban J connectivity index is 2.02. The van der Waals surface area contributed by atoms with Crippen molar-refractivity contribution in [2.75, 3.05) is 17.3 Å². The minimum absolute atomic E-state index is 0.154. The highest BCUT2D eigenvalue weighted by atomic mass is 32.2. The van der Waals surface area contributed by atoms with Crippen LogP contribution in [0.1, 0.15) is 43.7 Å². The van der Waals surface area contributed by atoms with E-state index in [4.69, 9.17) is 9.47 Å². The summed E-state index contributed by atoms with van der Waals surface area (Å²) in [4.78, 5) is 19.4. The van der Waals surface area contributed by atoms with Crippen LogP contribution in [0.2, 0.25) is 0 Å². The second-order valence-corrected chi connectivity index (χ2v) is 8.72. The van der Waals surface area contributed by atoms with Gasteiger partial charge in [-0.15, -0.1) is 10.2 Å². The van der Waals surface area contributed by atoms with Crippen molar-refractivity contribution in [1.82, 2.24) is 15.2 Å². The van der Waals surface area contributed by atoms with Gasteiger partial charge in [-0.25, -0.2) is 0 Å². The molecule has 2 aromatic carbocycles. The lowest BCUT2D eigenvalue weighted by atomic mass is 10.00. The number of para-hydroxylation sites is 1. The van der Waals surface area contributed by atoms with Crippen molar-refractivity contribution in [2.45, 2.75) is 46.0 Å². The van der Waals surface area contributed by atoms with Crippen LogP contribution in [-0.4, -0.2) is 33.4 Å². The predicted molar refractivity (Wildman–Crippen MR) is 125 cm³/mol. The number of amides is 1. The van der Waals surface area contributed by atoms with Gasteiger partial charge < -0.3 is 9.47 Å². The molecule has 0 N–H and O–H groups in total. The third-order valence-electron chi connectivity index (χ3n) is 5.13. The molecular formula is C24H26N4O3S. The number of ether oxygens (including phenoxy) is 2. The molecule has 0 unspecified atom stereocenters. The highest BCUT2D eigenvalue weighted by Gasteiger charge is 2.37. The largest absolute Gasteiger partial charge is 0.493 e. The van der Waals surface area contributed by atoms with E-state index in [1.54, 1.807) is 4.90 Å². The summed E-state index contributed by atoms with van der Waals surface area (Å²) in [7, 11) is 0. The van der Waals surface area contributed by atoms with Gasteiger partial charge in [0.05, 0.1) is 17.9 Å². The first kappa shape index (κ1) is 22.1. The molecule has 1 aliphatic rings. The van der Waals surface area contributed by atoms with Crippen LogP contribution < -0.4 is 14.4 Å². The molecule has 1 aromatic heterocycles. The van der Waals surface area contributed by atoms with Crippen LogP contribution in [-0.2, 0) is 4.79 Å². The highest BCUT2D eigenvalue weighted by molar-refractivity contribution is 7.99. The molecule has 1 aliphatic heterocycles. The summed E-state index contributed by atoms with van der Waals surface area (Å²) in [6.07, 6.45) is -0.771.